The third-order valence-electron chi connectivity index (χ3n) is 9.30. The van der Waals surface area contributed by atoms with Crippen LogP contribution < -0.4 is 15.4 Å². The van der Waals surface area contributed by atoms with Gasteiger partial charge in [0.25, 0.3) is 12.3 Å². The van der Waals surface area contributed by atoms with Gasteiger partial charge in [-0.3, -0.25) is 19.6 Å². The van der Waals surface area contributed by atoms with Gasteiger partial charge in [-0.25, -0.2) is 31.0 Å². The summed E-state index contributed by atoms with van der Waals surface area (Å²) in [4.78, 5) is 18.5. The van der Waals surface area contributed by atoms with E-state index >= 15 is 8.78 Å². The van der Waals surface area contributed by atoms with Crippen LogP contribution in [0.4, 0.5) is 32.2 Å². The number of nitrogens with zero attached hydrogens (tertiary/aromatic N) is 3. The molecule has 2 aromatic heterocycles. The number of allylic oxidation sites excluding steroid dienone is 2. The van der Waals surface area contributed by atoms with Crippen molar-refractivity contribution >= 4 is 38.4 Å². The Balaban J connectivity index is 1.49. The number of amides is 1. The molecule has 11 nitrogen and oxygen atoms in total. The van der Waals surface area contributed by atoms with Gasteiger partial charge in [0.1, 0.15) is 34.6 Å². The summed E-state index contributed by atoms with van der Waals surface area (Å²) in [5, 5.41) is 26.4. The van der Waals surface area contributed by atoms with Gasteiger partial charge >= 0.3 is 5.92 Å². The molecular formula is C39H36F6N7O4S+. The van der Waals surface area contributed by atoms with Crippen LogP contribution >= 0.6 is 0 Å². The number of rotatable bonds is 12. The van der Waals surface area contributed by atoms with E-state index in [-0.39, 0.29) is 29.2 Å². The summed E-state index contributed by atoms with van der Waals surface area (Å²) in [5.74, 6) is 0.715. The number of carbonyl (C=O) groups is 1. The van der Waals surface area contributed by atoms with Gasteiger partial charge in [0.05, 0.1) is 35.0 Å². The molecule has 1 amide bonds. The fraction of sp³-hybridized carbons (Fsp3) is 0.333. The number of hydrogen-bond acceptors (Lipinski definition) is 7. The van der Waals surface area contributed by atoms with Crippen LogP contribution in [-0.4, -0.2) is 70.7 Å². The van der Waals surface area contributed by atoms with Crippen LogP contribution in [0.25, 0.3) is 22.0 Å². The molecule has 2 aliphatic rings. The number of pyridine rings is 1. The van der Waals surface area contributed by atoms with Crippen molar-refractivity contribution in [2.24, 2.45) is 18.9 Å². The monoisotopic (exact) mass is 812 g/mol. The predicted molar refractivity (Wildman–Crippen MR) is 199 cm³/mol. The molecule has 0 radical (unpaired) electrons. The number of aryl methyl sites for hydroxylation is 2. The molecule has 0 fully saturated rings. The lowest BCUT2D eigenvalue weighted by Gasteiger charge is -2.23. The van der Waals surface area contributed by atoms with Gasteiger partial charge in [0.15, 0.2) is 18.1 Å². The summed E-state index contributed by atoms with van der Waals surface area (Å²) in [6.07, 6.45) is -2.72. The van der Waals surface area contributed by atoms with Crippen LogP contribution in [0.1, 0.15) is 42.4 Å². The van der Waals surface area contributed by atoms with E-state index in [0.29, 0.717) is 33.7 Å². The first kappa shape index (κ1) is 41.0. The number of fused-ring (bicyclic) bond motifs is 2. The van der Waals surface area contributed by atoms with E-state index in [9.17, 15) is 35.9 Å². The highest BCUT2D eigenvalue weighted by Crippen LogP contribution is 2.49. The molecule has 298 valence electrons. The molecule has 3 atom stereocenters. The Morgan fingerprint density at radius 1 is 1.12 bits per heavy atom. The van der Waals surface area contributed by atoms with E-state index in [0.717, 1.165) is 23.7 Å². The molecule has 0 bridgehead atoms. The topological polar surface area (TPSA) is 167 Å². The Hall–Kier alpha value is -5.69. The van der Waals surface area contributed by atoms with E-state index in [2.05, 4.69) is 38.8 Å². The number of quaternary nitrogens is 1. The average Bonchev–Trinajstić information content (AvgIpc) is 3.46. The zero-order valence-electron chi connectivity index (χ0n) is 31.0. The maximum Gasteiger partial charge on any atom is 0.335 e. The summed E-state index contributed by atoms with van der Waals surface area (Å²) >= 11 is 0. The molecule has 18 heteroatoms. The standard InChI is InChI=1S/C39H35F6N7O4S/c1-19-6-8-25(34-30(19)37(50-52(34)4)51-57(5,55)56)24-9-7-23(12-13-38(2,3)54)48-33(24)28(16-20-14-21(40)17-22(41)15-20)49-29(53)18-47-35-31(32(46)36(42)43)26-10-11-27(26)39(35,44)45/h6-9,14-15,17,26-28,36,46-47,54H,16,18H2,1-5H3,(H,49,53)(H,50,51)/p+1/t26-,27+,28-/m0/s1. The van der Waals surface area contributed by atoms with Crippen molar-refractivity contribution in [3.05, 3.63) is 87.9 Å². The van der Waals surface area contributed by atoms with Gasteiger partial charge < -0.3 is 15.7 Å². The maximum atomic E-state index is 15.4. The van der Waals surface area contributed by atoms with Crippen LogP contribution in [0, 0.1) is 59.5 Å². The minimum Gasteiger partial charge on any atom is -0.378 e. The smallest absolute Gasteiger partial charge is 0.335 e. The number of aromatic nitrogens is 3. The number of nitrogens with one attached hydrogen (secondary N) is 3. The fourth-order valence-electron chi connectivity index (χ4n) is 6.90. The number of sulfonamides is 1. The molecule has 0 saturated carbocycles. The lowest BCUT2D eigenvalue weighted by molar-refractivity contribution is -0.609. The lowest BCUT2D eigenvalue weighted by atomic mass is 9.82. The minimum atomic E-state index is -3.78. The molecule has 2 heterocycles. The van der Waals surface area contributed by atoms with Gasteiger partial charge in [0.2, 0.25) is 10.0 Å². The molecular weight excluding hydrogens is 777 g/mol. The summed E-state index contributed by atoms with van der Waals surface area (Å²) in [6.45, 7) is 3.83. The molecule has 0 unspecified atom stereocenters. The highest BCUT2D eigenvalue weighted by atomic mass is 32.2. The Labute approximate surface area is 323 Å². The van der Waals surface area contributed by atoms with E-state index in [4.69, 9.17) is 10.4 Å². The first-order chi connectivity index (χ1) is 26.5. The van der Waals surface area contributed by atoms with Crippen LogP contribution in [-0.2, 0) is 28.3 Å². The predicted octanol–water partition coefficient (Wildman–Crippen LogP) is 4.12. The van der Waals surface area contributed by atoms with Crippen molar-refractivity contribution in [1.29, 1.82) is 5.41 Å². The minimum absolute atomic E-state index is 0.0308. The van der Waals surface area contributed by atoms with Gasteiger partial charge in [-0.2, -0.15) is 13.9 Å². The van der Waals surface area contributed by atoms with Crippen molar-refractivity contribution < 1.29 is 50.0 Å². The SMILES string of the molecule is Cc1ccc(-c2ccc(C#CC(C)(C)O)nc2[C@H](Cc2cc(F)cc(F)c2)NC(=O)C[NH2+]C2=C(C(=N)C(F)F)[C@H]3C#C[C@H]3C2(F)F)c2c1c(NS(C)(=O)=O)nn2C. The van der Waals surface area contributed by atoms with Gasteiger partial charge in [-0.15, -0.1) is 0 Å². The van der Waals surface area contributed by atoms with E-state index < -0.39 is 86.9 Å². The Bertz CT molecular complexity index is 2590. The number of halogens is 6. The number of benzene rings is 2. The van der Waals surface area contributed by atoms with Gasteiger partial charge in [-0.05, 0) is 68.5 Å². The summed E-state index contributed by atoms with van der Waals surface area (Å²) < 4.78 is 116. The lowest BCUT2D eigenvalue weighted by Crippen LogP contribution is -2.87. The second kappa shape index (κ2) is 15.0. The van der Waals surface area contributed by atoms with E-state index in [1.807, 2.05) is 0 Å². The number of alkyl halides is 4. The van der Waals surface area contributed by atoms with E-state index in [1.54, 1.807) is 32.2 Å². The van der Waals surface area contributed by atoms with Crippen molar-refractivity contribution in [1.82, 2.24) is 20.1 Å². The van der Waals surface area contributed by atoms with Crippen LogP contribution in [0.5, 0.6) is 0 Å². The first-order valence-electron chi connectivity index (χ1n) is 17.3. The van der Waals surface area contributed by atoms with Gasteiger partial charge in [-0.1, -0.05) is 29.9 Å². The Morgan fingerprint density at radius 3 is 2.39 bits per heavy atom. The second-order valence-electron chi connectivity index (χ2n) is 14.4. The molecule has 0 aliphatic heterocycles. The largest absolute Gasteiger partial charge is 0.378 e. The van der Waals surface area contributed by atoms with Crippen LogP contribution in [0.15, 0.2) is 53.7 Å². The summed E-state index contributed by atoms with van der Waals surface area (Å²) in [5.41, 5.74) is -2.29. The third-order valence-corrected chi connectivity index (χ3v) is 9.86. The van der Waals surface area contributed by atoms with Crippen LogP contribution in [0.3, 0.4) is 0 Å². The molecule has 2 aromatic carbocycles. The highest BCUT2D eigenvalue weighted by Gasteiger charge is 2.62. The van der Waals surface area contributed by atoms with Gasteiger partial charge in [0, 0.05) is 29.6 Å². The molecule has 6 N–H and O–H groups in total. The third kappa shape index (κ3) is 8.53. The zero-order chi connectivity index (χ0) is 41.8. The fourth-order valence-corrected chi connectivity index (χ4v) is 7.40. The number of aliphatic hydroxyl groups is 1. The Kier molecular flexibility index (Phi) is 10.8. The summed E-state index contributed by atoms with van der Waals surface area (Å²) in [6, 6.07) is 7.95. The number of anilines is 1. The summed E-state index contributed by atoms with van der Waals surface area (Å²) in [7, 11) is -2.20. The second-order valence-corrected chi connectivity index (χ2v) is 16.1. The number of nitrogens with two attached hydrogens (primary N) is 1. The first-order valence-corrected chi connectivity index (χ1v) is 19.2. The van der Waals surface area contributed by atoms with Crippen molar-refractivity contribution in [3.63, 3.8) is 0 Å². The van der Waals surface area contributed by atoms with Crippen LogP contribution in [0.2, 0.25) is 0 Å². The average molecular weight is 813 g/mol. The number of hydrogen-bond donors (Lipinski definition) is 5. The molecule has 2 aliphatic carbocycles. The molecule has 57 heavy (non-hydrogen) atoms. The number of carbonyl (C=O) groups excluding carboxylic acids is 1. The maximum absolute atomic E-state index is 15.4. The highest BCUT2D eigenvalue weighted by molar-refractivity contribution is 7.92. The molecule has 4 aromatic rings. The molecule has 0 saturated heterocycles. The van der Waals surface area contributed by atoms with E-state index in [1.165, 1.54) is 24.6 Å². The zero-order valence-corrected chi connectivity index (χ0v) is 31.8. The normalized spacial score (nSPS) is 17.6. The van der Waals surface area contributed by atoms with Crippen molar-refractivity contribution in [2.75, 3.05) is 17.5 Å². The Morgan fingerprint density at radius 2 is 1.79 bits per heavy atom. The quantitative estimate of drug-likeness (QED) is 0.0821. The molecule has 0 spiro atoms. The van der Waals surface area contributed by atoms with Crippen molar-refractivity contribution in [3.8, 4) is 34.8 Å². The molecule has 6 rings (SSSR count). The van der Waals surface area contributed by atoms with Crippen molar-refractivity contribution in [2.45, 2.75) is 51.2 Å².